The van der Waals surface area contributed by atoms with E-state index in [4.69, 9.17) is 27.9 Å². The predicted molar refractivity (Wildman–Crippen MR) is 74.1 cm³/mol. The zero-order chi connectivity index (χ0) is 14.0. The van der Waals surface area contributed by atoms with Crippen molar-refractivity contribution in [2.75, 3.05) is 19.0 Å². The molecule has 19 heavy (non-hydrogen) atoms. The first-order valence-corrected chi connectivity index (χ1v) is 6.91. The first kappa shape index (κ1) is 14.4. The number of aromatic hydroxyl groups is 1. The van der Waals surface area contributed by atoms with Crippen molar-refractivity contribution in [1.82, 2.24) is 4.90 Å². The summed E-state index contributed by atoms with van der Waals surface area (Å²) in [6.07, 6.45) is -0.178. The zero-order valence-corrected chi connectivity index (χ0v) is 12.0. The molecule has 2 unspecified atom stereocenters. The maximum absolute atomic E-state index is 12.5. The van der Waals surface area contributed by atoms with Crippen LogP contribution < -0.4 is 0 Å². The Labute approximate surface area is 121 Å². The second-order valence-electron chi connectivity index (χ2n) is 4.58. The number of rotatable bonds is 2. The Kier molecular flexibility index (Phi) is 4.55. The van der Waals surface area contributed by atoms with E-state index in [0.29, 0.717) is 24.1 Å². The summed E-state index contributed by atoms with van der Waals surface area (Å²) in [5, 5.41) is 10.2. The van der Waals surface area contributed by atoms with Crippen molar-refractivity contribution in [2.24, 2.45) is 0 Å². The number of ether oxygens (including phenoxy) is 1. The Hall–Kier alpha value is -0.970. The van der Waals surface area contributed by atoms with Crippen LogP contribution in [0.1, 0.15) is 17.3 Å². The molecule has 1 amide bonds. The number of hydrogen-bond donors (Lipinski definition) is 1. The topological polar surface area (TPSA) is 49.8 Å². The fraction of sp³-hybridized carbons (Fsp3) is 0.462. The van der Waals surface area contributed by atoms with Gasteiger partial charge in [0.2, 0.25) is 0 Å². The van der Waals surface area contributed by atoms with Gasteiger partial charge in [0.15, 0.2) is 0 Å². The van der Waals surface area contributed by atoms with Gasteiger partial charge in [-0.25, -0.2) is 0 Å². The van der Waals surface area contributed by atoms with Crippen LogP contribution in [0.2, 0.25) is 5.02 Å². The molecule has 1 heterocycles. The van der Waals surface area contributed by atoms with Crippen LogP contribution in [0.5, 0.6) is 5.75 Å². The van der Waals surface area contributed by atoms with E-state index in [9.17, 15) is 9.90 Å². The molecule has 0 aromatic heterocycles. The number of carbonyl (C=O) groups excluding carboxylic acids is 1. The number of carbonyl (C=O) groups is 1. The molecule has 4 nitrogen and oxygen atoms in total. The molecule has 0 bridgehead atoms. The van der Waals surface area contributed by atoms with Crippen molar-refractivity contribution in [3.63, 3.8) is 0 Å². The maximum atomic E-state index is 12.5. The second-order valence-corrected chi connectivity index (χ2v) is 5.32. The highest BCUT2D eigenvalue weighted by molar-refractivity contribution is 6.31. The van der Waals surface area contributed by atoms with Gasteiger partial charge in [-0.3, -0.25) is 4.79 Å². The minimum absolute atomic E-state index is 0.0645. The number of phenols is 1. The Morgan fingerprint density at radius 2 is 2.32 bits per heavy atom. The van der Waals surface area contributed by atoms with Crippen LogP contribution in [0.25, 0.3) is 0 Å². The van der Waals surface area contributed by atoms with E-state index < -0.39 is 0 Å². The van der Waals surface area contributed by atoms with E-state index in [2.05, 4.69) is 0 Å². The van der Waals surface area contributed by atoms with Gasteiger partial charge < -0.3 is 14.7 Å². The largest absolute Gasteiger partial charge is 0.507 e. The summed E-state index contributed by atoms with van der Waals surface area (Å²) < 4.78 is 5.50. The fourth-order valence-corrected chi connectivity index (χ4v) is 2.39. The molecule has 0 spiro atoms. The molecule has 2 rings (SSSR count). The Morgan fingerprint density at radius 1 is 1.58 bits per heavy atom. The molecule has 1 fully saturated rings. The van der Waals surface area contributed by atoms with Crippen LogP contribution in [0.15, 0.2) is 18.2 Å². The van der Waals surface area contributed by atoms with Crippen LogP contribution in [0.3, 0.4) is 0 Å². The van der Waals surface area contributed by atoms with Crippen LogP contribution in [0, 0.1) is 0 Å². The number of alkyl halides is 1. The van der Waals surface area contributed by atoms with Gasteiger partial charge in [-0.2, -0.15) is 0 Å². The average Bonchev–Trinajstić information content (AvgIpc) is 2.41. The van der Waals surface area contributed by atoms with Gasteiger partial charge >= 0.3 is 0 Å². The quantitative estimate of drug-likeness (QED) is 0.854. The van der Waals surface area contributed by atoms with E-state index in [1.807, 2.05) is 6.92 Å². The molecule has 1 N–H and O–H groups in total. The fourth-order valence-electron chi connectivity index (χ4n) is 2.03. The van der Waals surface area contributed by atoms with E-state index in [-0.39, 0.29) is 29.4 Å². The van der Waals surface area contributed by atoms with Crippen molar-refractivity contribution in [3.8, 4) is 5.75 Å². The molecular weight excluding hydrogens is 289 g/mol. The lowest BCUT2D eigenvalue weighted by molar-refractivity contribution is -0.0372. The molecular formula is C13H15Cl2NO3. The number of halogens is 2. The molecule has 104 valence electrons. The first-order valence-electron chi connectivity index (χ1n) is 6.00. The van der Waals surface area contributed by atoms with Crippen molar-refractivity contribution < 1.29 is 14.6 Å². The third-order valence-electron chi connectivity index (χ3n) is 3.13. The first-order chi connectivity index (χ1) is 9.02. The molecule has 0 saturated carbocycles. The van der Waals surface area contributed by atoms with Crippen LogP contribution in [-0.2, 0) is 4.74 Å². The summed E-state index contributed by atoms with van der Waals surface area (Å²) in [6.45, 7) is 2.74. The van der Waals surface area contributed by atoms with E-state index in [1.54, 1.807) is 4.90 Å². The highest BCUT2D eigenvalue weighted by Crippen LogP contribution is 2.25. The monoisotopic (exact) mass is 303 g/mol. The van der Waals surface area contributed by atoms with Gasteiger partial charge in [-0.1, -0.05) is 11.6 Å². The zero-order valence-electron chi connectivity index (χ0n) is 10.5. The number of morpholine rings is 1. The second kappa shape index (κ2) is 5.99. The van der Waals surface area contributed by atoms with Crippen LogP contribution >= 0.6 is 23.2 Å². The lowest BCUT2D eigenvalue weighted by Crippen LogP contribution is -2.51. The molecule has 1 aliphatic rings. The van der Waals surface area contributed by atoms with Gasteiger partial charge in [-0.05, 0) is 25.1 Å². The van der Waals surface area contributed by atoms with E-state index in [1.165, 1.54) is 18.2 Å². The molecule has 1 saturated heterocycles. The normalized spacial score (nSPS) is 23.4. The standard InChI is InChI=1S/C13H15Cl2NO3/c1-8-7-19-10(5-14)6-16(8)13(18)11-4-9(15)2-3-12(11)17/h2-4,8,10,17H,5-7H2,1H3. The van der Waals surface area contributed by atoms with E-state index in [0.717, 1.165) is 0 Å². The van der Waals surface area contributed by atoms with E-state index >= 15 is 0 Å². The molecule has 1 aromatic rings. The lowest BCUT2D eigenvalue weighted by Gasteiger charge is -2.37. The number of amides is 1. The van der Waals surface area contributed by atoms with Gasteiger partial charge in [-0.15, -0.1) is 11.6 Å². The van der Waals surface area contributed by atoms with Crippen molar-refractivity contribution in [1.29, 1.82) is 0 Å². The highest BCUT2D eigenvalue weighted by atomic mass is 35.5. The van der Waals surface area contributed by atoms with Crippen molar-refractivity contribution >= 4 is 29.1 Å². The third kappa shape index (κ3) is 3.14. The van der Waals surface area contributed by atoms with Gasteiger partial charge in [0, 0.05) is 11.6 Å². The summed E-state index contributed by atoms with van der Waals surface area (Å²) in [5.41, 5.74) is 0.203. The highest BCUT2D eigenvalue weighted by Gasteiger charge is 2.31. The Bertz CT molecular complexity index is 481. The average molecular weight is 304 g/mol. The summed E-state index contributed by atoms with van der Waals surface area (Å²) in [5.74, 6) is -0.000630. The van der Waals surface area contributed by atoms with Gasteiger partial charge in [0.05, 0.1) is 30.2 Å². The SMILES string of the molecule is CC1COC(CCl)CN1C(=O)c1cc(Cl)ccc1O. The van der Waals surface area contributed by atoms with Crippen molar-refractivity contribution in [2.45, 2.75) is 19.1 Å². The summed E-state index contributed by atoms with van der Waals surface area (Å²) in [7, 11) is 0. The molecule has 0 aliphatic carbocycles. The number of benzene rings is 1. The lowest BCUT2D eigenvalue weighted by atomic mass is 10.1. The molecule has 2 atom stereocenters. The number of nitrogens with zero attached hydrogens (tertiary/aromatic N) is 1. The molecule has 1 aliphatic heterocycles. The summed E-state index contributed by atoms with van der Waals surface area (Å²) in [4.78, 5) is 14.1. The van der Waals surface area contributed by atoms with Gasteiger partial charge in [0.1, 0.15) is 5.75 Å². The molecule has 0 radical (unpaired) electrons. The number of phenolic OH excluding ortho intramolecular Hbond substituents is 1. The maximum Gasteiger partial charge on any atom is 0.258 e. The number of hydrogen-bond acceptors (Lipinski definition) is 3. The Balaban J connectivity index is 2.24. The minimum atomic E-state index is -0.258. The molecule has 6 heteroatoms. The predicted octanol–water partition coefficient (Wildman–Crippen LogP) is 2.51. The Morgan fingerprint density at radius 3 is 3.00 bits per heavy atom. The van der Waals surface area contributed by atoms with Gasteiger partial charge in [0.25, 0.3) is 5.91 Å². The van der Waals surface area contributed by atoms with Crippen molar-refractivity contribution in [3.05, 3.63) is 28.8 Å². The summed E-state index contributed by atoms with van der Waals surface area (Å²) >= 11 is 11.6. The third-order valence-corrected chi connectivity index (χ3v) is 3.71. The van der Waals surface area contributed by atoms with Crippen LogP contribution in [-0.4, -0.2) is 47.1 Å². The minimum Gasteiger partial charge on any atom is -0.507 e. The molecule has 1 aromatic carbocycles. The summed E-state index contributed by atoms with van der Waals surface area (Å²) in [6, 6.07) is 4.36. The smallest absolute Gasteiger partial charge is 0.258 e. The van der Waals surface area contributed by atoms with Crippen LogP contribution in [0.4, 0.5) is 0 Å².